The molecule has 1 aromatic heterocycles. The van der Waals surface area contributed by atoms with E-state index in [0.29, 0.717) is 21.9 Å². The smallest absolute Gasteiger partial charge is 0.136 e. The molecule has 200 valence electrons. The Bertz CT molecular complexity index is 3400. The predicted octanol–water partition coefficient (Wildman–Crippen LogP) is 12.0. The van der Waals surface area contributed by atoms with Crippen molar-refractivity contribution in [1.29, 1.82) is 0 Å². The molecular formula is C42H26O. The summed E-state index contributed by atoms with van der Waals surface area (Å²) in [7, 11) is 0. The second-order valence-corrected chi connectivity index (χ2v) is 10.0. The lowest BCUT2D eigenvalue weighted by atomic mass is 9.85. The fraction of sp³-hybridized carbons (Fsp3) is 0. The summed E-state index contributed by atoms with van der Waals surface area (Å²) in [5.41, 5.74) is -1.02. The first-order chi connectivity index (χ1) is 28.4. The van der Waals surface area contributed by atoms with E-state index in [1.165, 1.54) is 0 Å². The molecule has 43 heavy (non-hydrogen) atoms. The van der Waals surface area contributed by atoms with E-state index >= 15 is 0 Å². The molecule has 0 N–H and O–H groups in total. The van der Waals surface area contributed by atoms with Crippen LogP contribution in [0.4, 0.5) is 0 Å². The van der Waals surface area contributed by atoms with Crippen LogP contribution < -0.4 is 0 Å². The van der Waals surface area contributed by atoms with Gasteiger partial charge in [-0.25, -0.2) is 0 Å². The van der Waals surface area contributed by atoms with Crippen LogP contribution in [0, 0.1) is 0 Å². The predicted molar refractivity (Wildman–Crippen MR) is 183 cm³/mol. The molecule has 0 aliphatic carbocycles. The highest BCUT2D eigenvalue weighted by Gasteiger charge is 2.18. The van der Waals surface area contributed by atoms with Gasteiger partial charge >= 0.3 is 0 Å². The third-order valence-electron chi connectivity index (χ3n) is 7.63. The maximum Gasteiger partial charge on any atom is 0.136 e. The van der Waals surface area contributed by atoms with Crippen LogP contribution in [0.15, 0.2) is 162 Å². The van der Waals surface area contributed by atoms with E-state index in [4.69, 9.17) is 20.9 Å². The van der Waals surface area contributed by atoms with E-state index in [1.807, 2.05) is 36.4 Å². The molecule has 0 bridgehead atoms. The van der Waals surface area contributed by atoms with E-state index < -0.39 is 147 Å². The Morgan fingerprint density at radius 3 is 1.67 bits per heavy atom. The summed E-state index contributed by atoms with van der Waals surface area (Å²) in [6, 6.07) is 3.32. The fourth-order valence-electron chi connectivity index (χ4n) is 5.73. The van der Waals surface area contributed by atoms with Crippen molar-refractivity contribution in [3.8, 4) is 33.4 Å². The third kappa shape index (κ3) is 3.79. The molecule has 0 amide bonds. The van der Waals surface area contributed by atoms with Crippen LogP contribution in [-0.4, -0.2) is 0 Å². The molecule has 0 saturated heterocycles. The molecule has 0 saturated carbocycles. The maximum absolute atomic E-state index is 9.95. The van der Waals surface area contributed by atoms with Gasteiger partial charge in [0.2, 0.25) is 0 Å². The van der Waals surface area contributed by atoms with Crippen LogP contribution in [0.25, 0.3) is 87.6 Å². The van der Waals surface area contributed by atoms with Gasteiger partial charge in [-0.3, -0.25) is 0 Å². The van der Waals surface area contributed by atoms with Gasteiger partial charge in [0.05, 0.1) is 23.3 Å². The number of hydrogen-bond acceptors (Lipinski definition) is 1. The molecule has 0 atom stereocenters. The molecule has 9 rings (SSSR count). The van der Waals surface area contributed by atoms with Crippen LogP contribution in [0.1, 0.15) is 23.3 Å². The summed E-state index contributed by atoms with van der Waals surface area (Å²) < 4.78 is 158. The first-order valence-corrected chi connectivity index (χ1v) is 13.4. The molecule has 1 heteroatoms. The van der Waals surface area contributed by atoms with Gasteiger partial charge in [0.15, 0.2) is 0 Å². The Balaban J connectivity index is 1.57. The van der Waals surface area contributed by atoms with Crippen molar-refractivity contribution in [2.24, 2.45) is 0 Å². The number of fused-ring (bicyclic) bond motifs is 6. The third-order valence-corrected chi connectivity index (χ3v) is 7.63. The van der Waals surface area contributed by atoms with Crippen molar-refractivity contribution in [3.63, 3.8) is 0 Å². The molecule has 0 aliphatic rings. The van der Waals surface area contributed by atoms with E-state index in [0.717, 1.165) is 10.8 Å². The maximum atomic E-state index is 9.95. The average molecular weight is 564 g/mol. The first kappa shape index (κ1) is 12.7. The van der Waals surface area contributed by atoms with Crippen LogP contribution in [0.2, 0.25) is 0 Å². The van der Waals surface area contributed by atoms with Crippen molar-refractivity contribution < 1.29 is 27.7 Å². The normalized spacial score (nSPS) is 17.3. The summed E-state index contributed by atoms with van der Waals surface area (Å²) in [4.78, 5) is 0. The minimum atomic E-state index is -0.818. The summed E-state index contributed by atoms with van der Waals surface area (Å²) in [6.45, 7) is 0. The largest absolute Gasteiger partial charge is 0.456 e. The van der Waals surface area contributed by atoms with Gasteiger partial charge in [-0.1, -0.05) is 127 Å². The monoisotopic (exact) mass is 563 g/mol. The van der Waals surface area contributed by atoms with Crippen LogP contribution in [0.5, 0.6) is 0 Å². The Morgan fingerprint density at radius 2 is 0.977 bits per heavy atom. The van der Waals surface area contributed by atoms with Crippen LogP contribution in [-0.2, 0) is 0 Å². The number of rotatable bonds is 3. The molecule has 1 heterocycles. The van der Waals surface area contributed by atoms with E-state index in [-0.39, 0.29) is 11.1 Å². The molecular weight excluding hydrogens is 520 g/mol. The summed E-state index contributed by atoms with van der Waals surface area (Å²) in [5.74, 6) is 0. The van der Waals surface area contributed by atoms with E-state index in [1.54, 1.807) is 18.2 Å². The second-order valence-electron chi connectivity index (χ2n) is 10.0. The van der Waals surface area contributed by atoms with Crippen molar-refractivity contribution in [1.82, 2.24) is 0 Å². The van der Waals surface area contributed by atoms with Crippen molar-refractivity contribution in [3.05, 3.63) is 157 Å². The summed E-state index contributed by atoms with van der Waals surface area (Å²) in [6.07, 6.45) is 0. The molecule has 0 aliphatic heterocycles. The number of hydrogen-bond donors (Lipinski definition) is 0. The number of furan rings is 1. The highest BCUT2D eigenvalue weighted by molar-refractivity contribution is 6.22. The molecule has 8 aromatic carbocycles. The van der Waals surface area contributed by atoms with Crippen molar-refractivity contribution >= 4 is 54.3 Å². The van der Waals surface area contributed by atoms with Gasteiger partial charge in [0.1, 0.15) is 11.2 Å². The van der Waals surface area contributed by atoms with Crippen molar-refractivity contribution in [2.45, 2.75) is 0 Å². The quantitative estimate of drug-likeness (QED) is 0.195. The highest BCUT2D eigenvalue weighted by Crippen LogP contribution is 2.45. The fourth-order valence-corrected chi connectivity index (χ4v) is 5.73. The Labute approximate surface area is 273 Å². The second kappa shape index (κ2) is 9.44. The lowest BCUT2D eigenvalue weighted by molar-refractivity contribution is 0.669. The molecule has 0 spiro atoms. The zero-order chi connectivity index (χ0) is 43.1. The summed E-state index contributed by atoms with van der Waals surface area (Å²) >= 11 is 0. The van der Waals surface area contributed by atoms with Gasteiger partial charge in [0, 0.05) is 10.8 Å². The van der Waals surface area contributed by atoms with Crippen LogP contribution in [0.3, 0.4) is 0 Å². The van der Waals surface area contributed by atoms with Gasteiger partial charge in [-0.05, 0) is 96.0 Å². The highest BCUT2D eigenvalue weighted by atomic mass is 16.3. The lowest BCUT2D eigenvalue weighted by Gasteiger charge is -2.18. The van der Waals surface area contributed by atoms with E-state index in [2.05, 4.69) is 0 Å². The standard InChI is InChI=1S/C42H26O/c1-3-11-27(12-4-1)41-33-17-9-10-18-34(33)42(28-13-5-2-6-14-28)38-25-31(19-21-35(38)41)32-20-22-39-36(24-32)37-23-29-15-7-8-16-30(29)26-40(37)43-39/h1-26H/i1D,2D,3D,4D,5D,6D,9D,10D,11D,12D,13D,14D,17D,18D,19D,21D,25D. The van der Waals surface area contributed by atoms with Gasteiger partial charge in [-0.2, -0.15) is 0 Å². The van der Waals surface area contributed by atoms with E-state index in [9.17, 15) is 6.85 Å². The molecule has 9 aromatic rings. The number of benzene rings is 8. The van der Waals surface area contributed by atoms with Gasteiger partial charge in [-0.15, -0.1) is 0 Å². The lowest BCUT2D eigenvalue weighted by Crippen LogP contribution is -1.91. The van der Waals surface area contributed by atoms with Crippen LogP contribution >= 0.6 is 0 Å². The minimum Gasteiger partial charge on any atom is -0.456 e. The molecule has 0 radical (unpaired) electrons. The first-order valence-electron chi connectivity index (χ1n) is 21.9. The SMILES string of the molecule is [2H]c1c([2H])c([2H])c(-c2c3c([2H])c([2H])c([2H])c([2H])c3c(-c3c([2H])c([2H])c([2H])c([2H])c3[2H])c3c([2H])c(-c4ccc5oc6cc7ccccc7cc6c5c4)c([2H])c([2H])c23)c([2H])c1[2H]. The Morgan fingerprint density at radius 1 is 0.395 bits per heavy atom. The molecule has 1 nitrogen and oxygen atoms in total. The Hall–Kier alpha value is -5.66. The van der Waals surface area contributed by atoms with Gasteiger partial charge < -0.3 is 4.42 Å². The van der Waals surface area contributed by atoms with Gasteiger partial charge in [0.25, 0.3) is 0 Å². The molecule has 0 fully saturated rings. The zero-order valence-electron chi connectivity index (χ0n) is 39.1. The zero-order valence-corrected chi connectivity index (χ0v) is 22.1. The van der Waals surface area contributed by atoms with Crippen molar-refractivity contribution in [2.75, 3.05) is 0 Å². The Kier molecular flexibility index (Phi) is 2.79. The average Bonchev–Trinajstić information content (AvgIpc) is 3.59. The minimum absolute atomic E-state index is 0.176. The summed E-state index contributed by atoms with van der Waals surface area (Å²) in [5, 5.41) is 1.28. The molecule has 0 unspecified atom stereocenters. The topological polar surface area (TPSA) is 13.1 Å².